The fourth-order valence-corrected chi connectivity index (χ4v) is 1.47. The van der Waals surface area contributed by atoms with Gasteiger partial charge in [0.05, 0.1) is 5.52 Å². The van der Waals surface area contributed by atoms with Crippen molar-refractivity contribution in [3.8, 4) is 0 Å². The minimum absolute atomic E-state index is 0.687. The third-order valence-electron chi connectivity index (χ3n) is 2.27. The Labute approximate surface area is 88.1 Å². The Morgan fingerprint density at radius 2 is 2.27 bits per heavy atom. The van der Waals surface area contributed by atoms with Crippen LogP contribution in [0.5, 0.6) is 0 Å². The van der Waals surface area contributed by atoms with Crippen molar-refractivity contribution >= 4 is 17.0 Å². The lowest BCUT2D eigenvalue weighted by Gasteiger charge is -1.95. The van der Waals surface area contributed by atoms with Crippen LogP contribution in [-0.4, -0.2) is 28.5 Å². The molecule has 2 aromatic rings. The number of nitrogens with one attached hydrogen (secondary N) is 2. The lowest BCUT2D eigenvalue weighted by molar-refractivity contribution is 0.796. The van der Waals surface area contributed by atoms with Crippen molar-refractivity contribution in [2.24, 2.45) is 5.73 Å². The molecule has 0 bridgehead atoms. The van der Waals surface area contributed by atoms with Crippen LogP contribution < -0.4 is 11.1 Å². The fraction of sp³-hybridized carbons (Fsp3) is 0.400. The first kappa shape index (κ1) is 9.92. The molecule has 0 aliphatic rings. The first-order chi connectivity index (χ1) is 7.33. The molecule has 0 aliphatic carbocycles. The van der Waals surface area contributed by atoms with Crippen molar-refractivity contribution in [2.75, 3.05) is 18.9 Å². The second kappa shape index (κ2) is 4.27. The molecular weight excluding hydrogens is 190 g/mol. The van der Waals surface area contributed by atoms with Crippen LogP contribution >= 0.6 is 0 Å². The number of hydrogen-bond acceptors (Lipinski definition) is 4. The van der Waals surface area contributed by atoms with Gasteiger partial charge in [0.25, 0.3) is 0 Å². The zero-order valence-electron chi connectivity index (χ0n) is 8.75. The number of aromatic nitrogens is 3. The summed E-state index contributed by atoms with van der Waals surface area (Å²) in [6.45, 7) is 0.687. The molecule has 0 unspecified atom stereocenters. The van der Waals surface area contributed by atoms with E-state index in [1.807, 2.05) is 19.2 Å². The molecule has 0 radical (unpaired) electrons. The lowest BCUT2D eigenvalue weighted by atomic mass is 10.3. The van der Waals surface area contributed by atoms with E-state index in [0.717, 1.165) is 35.6 Å². The Kier molecular flexibility index (Phi) is 2.82. The third kappa shape index (κ3) is 2.07. The van der Waals surface area contributed by atoms with Crippen molar-refractivity contribution in [1.29, 1.82) is 0 Å². The van der Waals surface area contributed by atoms with E-state index in [4.69, 9.17) is 5.73 Å². The van der Waals surface area contributed by atoms with Crippen molar-refractivity contribution in [1.82, 2.24) is 15.0 Å². The number of nitrogens with two attached hydrogens (primary N) is 1. The van der Waals surface area contributed by atoms with Crippen LogP contribution in [0.1, 0.15) is 12.2 Å². The van der Waals surface area contributed by atoms with E-state index in [-0.39, 0.29) is 0 Å². The fourth-order valence-electron chi connectivity index (χ4n) is 1.47. The maximum atomic E-state index is 5.45. The van der Waals surface area contributed by atoms with Crippen LogP contribution in [0.25, 0.3) is 11.2 Å². The van der Waals surface area contributed by atoms with Crippen molar-refractivity contribution < 1.29 is 0 Å². The van der Waals surface area contributed by atoms with Gasteiger partial charge in [0.15, 0.2) is 5.65 Å². The Bertz CT molecular complexity index is 448. The molecule has 2 rings (SSSR count). The van der Waals surface area contributed by atoms with Crippen molar-refractivity contribution in [3.63, 3.8) is 0 Å². The van der Waals surface area contributed by atoms with E-state index in [9.17, 15) is 0 Å². The van der Waals surface area contributed by atoms with Crippen LogP contribution in [0.3, 0.4) is 0 Å². The lowest BCUT2D eigenvalue weighted by Crippen LogP contribution is -2.01. The molecule has 2 heterocycles. The second-order valence-electron chi connectivity index (χ2n) is 3.39. The second-order valence-corrected chi connectivity index (χ2v) is 3.39. The topological polar surface area (TPSA) is 79.6 Å². The molecule has 0 amide bonds. The molecule has 80 valence electrons. The molecule has 0 spiro atoms. The molecule has 2 aromatic heterocycles. The summed E-state index contributed by atoms with van der Waals surface area (Å²) in [5.74, 6) is 1.79. The Balaban J connectivity index is 2.29. The molecule has 5 heteroatoms. The van der Waals surface area contributed by atoms with E-state index in [1.54, 1.807) is 0 Å². The minimum atomic E-state index is 0.687. The highest BCUT2D eigenvalue weighted by Crippen LogP contribution is 2.12. The zero-order chi connectivity index (χ0) is 10.7. The van der Waals surface area contributed by atoms with Gasteiger partial charge in [0.1, 0.15) is 11.6 Å². The molecule has 0 aromatic carbocycles. The maximum Gasteiger partial charge on any atom is 0.179 e. The summed E-state index contributed by atoms with van der Waals surface area (Å²) in [6, 6.07) is 3.90. The van der Waals surface area contributed by atoms with Gasteiger partial charge in [0, 0.05) is 13.5 Å². The maximum absolute atomic E-state index is 5.45. The number of pyridine rings is 1. The number of aryl methyl sites for hydroxylation is 1. The molecule has 0 atom stereocenters. The summed E-state index contributed by atoms with van der Waals surface area (Å²) in [5.41, 5.74) is 7.18. The largest absolute Gasteiger partial charge is 0.373 e. The van der Waals surface area contributed by atoms with Gasteiger partial charge in [-0.25, -0.2) is 9.97 Å². The molecule has 15 heavy (non-hydrogen) atoms. The Morgan fingerprint density at radius 3 is 3.00 bits per heavy atom. The molecule has 0 fully saturated rings. The first-order valence-electron chi connectivity index (χ1n) is 5.07. The molecule has 0 saturated carbocycles. The zero-order valence-corrected chi connectivity index (χ0v) is 8.75. The Hall–Kier alpha value is -1.62. The molecule has 0 aliphatic heterocycles. The predicted octanol–water partition coefficient (Wildman–Crippen LogP) is 0.891. The highest BCUT2D eigenvalue weighted by Gasteiger charge is 2.03. The summed E-state index contributed by atoms with van der Waals surface area (Å²) < 4.78 is 0. The van der Waals surface area contributed by atoms with Gasteiger partial charge in [-0.05, 0) is 25.1 Å². The van der Waals surface area contributed by atoms with Gasteiger partial charge in [0.2, 0.25) is 0 Å². The number of imidazole rings is 1. The van der Waals surface area contributed by atoms with Crippen LogP contribution in [-0.2, 0) is 6.42 Å². The van der Waals surface area contributed by atoms with E-state index in [1.165, 1.54) is 0 Å². The quantitative estimate of drug-likeness (QED) is 0.692. The van der Waals surface area contributed by atoms with E-state index in [0.29, 0.717) is 6.54 Å². The standard InChI is InChI=1S/C10H15N5/c1-12-8-5-4-7-10(14-8)15-9(13-7)3-2-6-11/h4-5H,2-3,6,11H2,1H3,(H2,12,13,14,15). The first-order valence-corrected chi connectivity index (χ1v) is 5.07. The van der Waals surface area contributed by atoms with Gasteiger partial charge in [-0.3, -0.25) is 0 Å². The summed E-state index contributed by atoms with van der Waals surface area (Å²) >= 11 is 0. The molecular formula is C10H15N5. The third-order valence-corrected chi connectivity index (χ3v) is 2.27. The van der Waals surface area contributed by atoms with Gasteiger partial charge in [-0.1, -0.05) is 0 Å². The molecule has 5 nitrogen and oxygen atoms in total. The van der Waals surface area contributed by atoms with E-state index >= 15 is 0 Å². The number of H-pyrrole nitrogens is 1. The van der Waals surface area contributed by atoms with Crippen LogP contribution in [0.15, 0.2) is 12.1 Å². The monoisotopic (exact) mass is 205 g/mol. The summed E-state index contributed by atoms with van der Waals surface area (Å²) in [5, 5.41) is 2.99. The van der Waals surface area contributed by atoms with Gasteiger partial charge < -0.3 is 16.0 Å². The van der Waals surface area contributed by atoms with Crippen LogP contribution in [0.2, 0.25) is 0 Å². The number of hydrogen-bond donors (Lipinski definition) is 3. The summed E-state index contributed by atoms with van der Waals surface area (Å²) in [6.07, 6.45) is 1.82. The van der Waals surface area contributed by atoms with E-state index < -0.39 is 0 Å². The normalized spacial score (nSPS) is 10.8. The van der Waals surface area contributed by atoms with Gasteiger partial charge >= 0.3 is 0 Å². The van der Waals surface area contributed by atoms with Crippen LogP contribution in [0.4, 0.5) is 5.82 Å². The van der Waals surface area contributed by atoms with Crippen LogP contribution in [0, 0.1) is 0 Å². The summed E-state index contributed by atoms with van der Waals surface area (Å²) in [7, 11) is 1.84. The number of aromatic amines is 1. The average molecular weight is 205 g/mol. The number of nitrogens with zero attached hydrogens (tertiary/aromatic N) is 2. The average Bonchev–Trinajstić information content (AvgIpc) is 2.67. The number of rotatable bonds is 4. The Morgan fingerprint density at radius 1 is 1.40 bits per heavy atom. The highest BCUT2D eigenvalue weighted by molar-refractivity contribution is 5.72. The highest BCUT2D eigenvalue weighted by atomic mass is 15.0. The molecule has 4 N–H and O–H groups in total. The smallest absolute Gasteiger partial charge is 0.179 e. The van der Waals surface area contributed by atoms with Gasteiger partial charge in [-0.2, -0.15) is 0 Å². The van der Waals surface area contributed by atoms with Gasteiger partial charge in [-0.15, -0.1) is 0 Å². The minimum Gasteiger partial charge on any atom is -0.373 e. The summed E-state index contributed by atoms with van der Waals surface area (Å²) in [4.78, 5) is 12.0. The predicted molar refractivity (Wildman–Crippen MR) is 60.8 cm³/mol. The van der Waals surface area contributed by atoms with E-state index in [2.05, 4.69) is 20.3 Å². The SMILES string of the molecule is CNc1ccc2[nH]c(CCCN)nc2n1. The van der Waals surface area contributed by atoms with Crippen molar-refractivity contribution in [2.45, 2.75) is 12.8 Å². The number of anilines is 1. The van der Waals surface area contributed by atoms with Crippen molar-refractivity contribution in [3.05, 3.63) is 18.0 Å². The molecule has 0 saturated heterocycles. The number of fused-ring (bicyclic) bond motifs is 1.